The van der Waals surface area contributed by atoms with Gasteiger partial charge < -0.3 is 19.2 Å². The monoisotopic (exact) mass is 507 g/mol. The molecule has 3 aromatic heterocycles. The Bertz CT molecular complexity index is 1260. The van der Waals surface area contributed by atoms with Gasteiger partial charge in [-0.25, -0.2) is 15.1 Å². The minimum absolute atomic E-state index is 0.0108. The number of H-pyrrole nitrogens is 1. The first kappa shape index (κ1) is 24.0. The zero-order valence-corrected chi connectivity index (χ0v) is 18.7. The molecule has 0 aliphatic heterocycles. The first-order valence-electron chi connectivity index (χ1n) is 9.84. The van der Waals surface area contributed by atoms with E-state index in [2.05, 4.69) is 35.9 Å². The fourth-order valence-corrected chi connectivity index (χ4v) is 3.33. The molecular weight excluding hydrogens is 491 g/mol. The van der Waals surface area contributed by atoms with Crippen molar-refractivity contribution in [1.29, 1.82) is 0 Å². The topological polar surface area (TPSA) is 141 Å². The molecule has 1 aromatic carbocycles. The molecule has 0 bridgehead atoms. The van der Waals surface area contributed by atoms with Crippen molar-refractivity contribution in [2.75, 3.05) is 20.3 Å². The third kappa shape index (κ3) is 6.06. The maximum Gasteiger partial charge on any atom is 0.468 e. The van der Waals surface area contributed by atoms with Crippen molar-refractivity contribution < 1.29 is 31.9 Å². The van der Waals surface area contributed by atoms with E-state index in [-0.39, 0.29) is 35.0 Å². The number of hydrogen-bond acceptors (Lipinski definition) is 10. The summed E-state index contributed by atoms with van der Waals surface area (Å²) in [5.41, 5.74) is 0.676. The highest BCUT2D eigenvalue weighted by atomic mass is 32.2. The molecule has 0 aliphatic rings. The van der Waals surface area contributed by atoms with Gasteiger partial charge in [0.1, 0.15) is 18.1 Å². The normalized spacial score (nSPS) is 11.3. The Balaban J connectivity index is 1.43. The number of pyridine rings is 1. The highest BCUT2D eigenvalue weighted by Gasteiger charge is 2.39. The van der Waals surface area contributed by atoms with E-state index in [1.807, 2.05) is 0 Å². The van der Waals surface area contributed by atoms with Gasteiger partial charge in [-0.05, 0) is 40.8 Å². The van der Waals surface area contributed by atoms with Crippen molar-refractivity contribution in [2.45, 2.75) is 11.3 Å². The van der Waals surface area contributed by atoms with Gasteiger partial charge in [0.15, 0.2) is 5.76 Å². The Labute approximate surface area is 199 Å². The van der Waals surface area contributed by atoms with Crippen LogP contribution in [0.15, 0.2) is 52.2 Å². The zero-order chi connectivity index (χ0) is 24.8. The summed E-state index contributed by atoms with van der Waals surface area (Å²) in [5.74, 6) is -0.685. The standard InChI is InChI=1S/C20H16F3N7O4S/c1-32-14-7-4-12(10-25-14)15-16(34-17(26-15)20(21,22)23)11-2-5-13(6-3-11)33-9-8-24-19(31)35-18-27-29-30-28-18/h2-7,10H,8-9H2,1H3,(H,24,31)(H,27,28,29,30). The van der Waals surface area contributed by atoms with Crippen LogP contribution in [0, 0.1) is 0 Å². The highest BCUT2D eigenvalue weighted by Crippen LogP contribution is 2.38. The van der Waals surface area contributed by atoms with Gasteiger partial charge in [-0.3, -0.25) is 4.79 Å². The first-order chi connectivity index (χ1) is 16.8. The predicted molar refractivity (Wildman–Crippen MR) is 116 cm³/mol. The number of nitrogens with zero attached hydrogens (tertiary/aromatic N) is 5. The van der Waals surface area contributed by atoms with Gasteiger partial charge in [-0.1, -0.05) is 0 Å². The number of carbonyl (C=O) groups is 1. The fourth-order valence-electron chi connectivity index (χ4n) is 2.82. The molecule has 35 heavy (non-hydrogen) atoms. The van der Waals surface area contributed by atoms with Crippen LogP contribution in [0.3, 0.4) is 0 Å². The molecule has 0 spiro atoms. The van der Waals surface area contributed by atoms with Crippen LogP contribution in [0.25, 0.3) is 22.6 Å². The third-order valence-corrected chi connectivity index (χ3v) is 5.06. The molecule has 0 atom stereocenters. The smallest absolute Gasteiger partial charge is 0.468 e. The number of amides is 1. The maximum atomic E-state index is 13.3. The van der Waals surface area contributed by atoms with Gasteiger partial charge >= 0.3 is 12.1 Å². The van der Waals surface area contributed by atoms with Gasteiger partial charge in [-0.15, -0.1) is 5.10 Å². The van der Waals surface area contributed by atoms with Gasteiger partial charge in [0.2, 0.25) is 11.0 Å². The summed E-state index contributed by atoms with van der Waals surface area (Å²) in [5, 5.41) is 15.3. The summed E-state index contributed by atoms with van der Waals surface area (Å²) in [6.07, 6.45) is -3.41. The number of hydrogen-bond donors (Lipinski definition) is 2. The number of alkyl halides is 3. The van der Waals surface area contributed by atoms with Crippen LogP contribution < -0.4 is 14.8 Å². The molecule has 1 amide bonds. The quantitative estimate of drug-likeness (QED) is 0.267. The Hall–Kier alpha value is -4.14. The lowest BCUT2D eigenvalue weighted by Crippen LogP contribution is -2.24. The molecule has 3 heterocycles. The highest BCUT2D eigenvalue weighted by molar-refractivity contribution is 8.13. The Morgan fingerprint density at radius 3 is 2.57 bits per heavy atom. The maximum absolute atomic E-state index is 13.3. The summed E-state index contributed by atoms with van der Waals surface area (Å²) in [6.45, 7) is 0.365. The number of oxazole rings is 1. The minimum atomic E-state index is -4.76. The number of tetrazole rings is 1. The number of aromatic nitrogens is 6. The Morgan fingerprint density at radius 1 is 1.17 bits per heavy atom. The number of halogens is 3. The van der Waals surface area contributed by atoms with Gasteiger partial charge in [-0.2, -0.15) is 13.2 Å². The molecule has 2 N–H and O–H groups in total. The van der Waals surface area contributed by atoms with Crippen molar-refractivity contribution >= 4 is 17.0 Å². The number of rotatable bonds is 8. The summed E-state index contributed by atoms with van der Waals surface area (Å²) < 4.78 is 55.5. The van der Waals surface area contributed by atoms with E-state index in [0.717, 1.165) is 11.8 Å². The van der Waals surface area contributed by atoms with Crippen LogP contribution in [-0.4, -0.2) is 56.1 Å². The second-order valence-electron chi connectivity index (χ2n) is 6.68. The number of methoxy groups -OCH3 is 1. The summed E-state index contributed by atoms with van der Waals surface area (Å²) in [4.78, 5) is 19.4. The number of benzene rings is 1. The summed E-state index contributed by atoms with van der Waals surface area (Å²) in [7, 11) is 1.43. The second kappa shape index (κ2) is 10.4. The Morgan fingerprint density at radius 2 is 1.94 bits per heavy atom. The molecule has 0 aliphatic carbocycles. The predicted octanol–water partition coefficient (Wildman–Crippen LogP) is 3.82. The summed E-state index contributed by atoms with van der Waals surface area (Å²) in [6, 6.07) is 9.27. The molecule has 0 unspecified atom stereocenters. The number of nitrogens with one attached hydrogen (secondary N) is 2. The molecule has 0 radical (unpaired) electrons. The molecule has 0 saturated carbocycles. The van der Waals surface area contributed by atoms with E-state index in [9.17, 15) is 18.0 Å². The fraction of sp³-hybridized carbons (Fsp3) is 0.200. The largest absolute Gasteiger partial charge is 0.492 e. The zero-order valence-electron chi connectivity index (χ0n) is 17.9. The molecular formula is C20H16F3N7O4S. The van der Waals surface area contributed by atoms with E-state index < -0.39 is 12.1 Å². The minimum Gasteiger partial charge on any atom is -0.492 e. The Kier molecular flexibility index (Phi) is 7.14. The van der Waals surface area contributed by atoms with Crippen molar-refractivity contribution in [3.8, 4) is 34.2 Å². The van der Waals surface area contributed by atoms with Crippen LogP contribution in [0.5, 0.6) is 11.6 Å². The number of carbonyl (C=O) groups excluding carboxylic acids is 1. The molecule has 11 nitrogen and oxygen atoms in total. The van der Waals surface area contributed by atoms with Crippen LogP contribution in [0.2, 0.25) is 0 Å². The lowest BCUT2D eigenvalue weighted by molar-refractivity contribution is -0.156. The molecule has 4 rings (SSSR count). The average Bonchev–Trinajstić information content (AvgIpc) is 3.52. The third-order valence-electron chi connectivity index (χ3n) is 4.36. The van der Waals surface area contributed by atoms with Crippen LogP contribution in [-0.2, 0) is 6.18 Å². The van der Waals surface area contributed by atoms with Crippen LogP contribution in [0.1, 0.15) is 5.89 Å². The van der Waals surface area contributed by atoms with Crippen molar-refractivity contribution in [3.05, 3.63) is 48.5 Å². The van der Waals surface area contributed by atoms with E-state index >= 15 is 0 Å². The van der Waals surface area contributed by atoms with Gasteiger partial charge in [0.05, 0.1) is 13.7 Å². The second-order valence-corrected chi connectivity index (χ2v) is 7.64. The number of thioether (sulfide) groups is 1. The SMILES string of the molecule is COc1ccc(-c2nc(C(F)(F)F)oc2-c2ccc(OCCNC(=O)Sc3nnn[nH]3)cc2)cn1. The summed E-state index contributed by atoms with van der Waals surface area (Å²) >= 11 is 0.796. The number of aromatic amines is 1. The molecule has 0 saturated heterocycles. The number of ether oxygens (including phenoxy) is 2. The van der Waals surface area contributed by atoms with E-state index in [0.29, 0.717) is 22.8 Å². The molecule has 4 aromatic rings. The lowest BCUT2D eigenvalue weighted by Gasteiger charge is -2.08. The van der Waals surface area contributed by atoms with Crippen LogP contribution >= 0.6 is 11.8 Å². The van der Waals surface area contributed by atoms with E-state index in [1.165, 1.54) is 25.4 Å². The van der Waals surface area contributed by atoms with Crippen LogP contribution in [0.4, 0.5) is 18.0 Å². The van der Waals surface area contributed by atoms with Gasteiger partial charge in [0, 0.05) is 35.2 Å². The lowest BCUT2D eigenvalue weighted by atomic mass is 10.1. The van der Waals surface area contributed by atoms with Crippen molar-refractivity contribution in [2.24, 2.45) is 0 Å². The van der Waals surface area contributed by atoms with Crippen molar-refractivity contribution in [3.63, 3.8) is 0 Å². The first-order valence-corrected chi connectivity index (χ1v) is 10.7. The van der Waals surface area contributed by atoms with Crippen molar-refractivity contribution in [1.82, 2.24) is 35.9 Å². The molecule has 182 valence electrons. The molecule has 15 heteroatoms. The average molecular weight is 507 g/mol. The van der Waals surface area contributed by atoms with E-state index in [4.69, 9.17) is 13.9 Å². The van der Waals surface area contributed by atoms with Gasteiger partial charge in [0.25, 0.3) is 5.24 Å². The van der Waals surface area contributed by atoms with E-state index in [1.54, 1.807) is 24.3 Å². The molecule has 0 fully saturated rings.